The Morgan fingerprint density at radius 2 is 2.26 bits per heavy atom. The van der Waals surface area contributed by atoms with E-state index in [9.17, 15) is 4.79 Å². The van der Waals surface area contributed by atoms with Crippen molar-refractivity contribution in [3.05, 3.63) is 33.9 Å². The average molecular weight is 334 g/mol. The molecule has 1 unspecified atom stereocenters. The highest BCUT2D eigenvalue weighted by Crippen LogP contribution is 2.27. The molecule has 0 aliphatic heterocycles. The maximum atomic E-state index is 12.0. The summed E-state index contributed by atoms with van der Waals surface area (Å²) < 4.78 is 0.845. The van der Waals surface area contributed by atoms with Gasteiger partial charge < -0.3 is 5.32 Å². The van der Waals surface area contributed by atoms with Crippen molar-refractivity contribution in [3.8, 4) is 0 Å². The van der Waals surface area contributed by atoms with Crippen LogP contribution < -0.4 is 5.32 Å². The molecule has 0 aliphatic rings. The van der Waals surface area contributed by atoms with Crippen molar-refractivity contribution in [2.75, 3.05) is 5.32 Å². The van der Waals surface area contributed by atoms with Gasteiger partial charge in [0, 0.05) is 17.8 Å². The molecule has 100 valence electrons. The highest BCUT2D eigenvalue weighted by Gasteiger charge is 2.17. The Balaban J connectivity index is 2.00. The molecule has 0 aliphatic carbocycles. The minimum absolute atomic E-state index is 0.183. The Kier molecular flexibility index (Phi) is 5.04. The number of thioether (sulfide) groups is 1. The topological polar surface area (TPSA) is 54.9 Å². The third-order valence-electron chi connectivity index (χ3n) is 2.11. The maximum absolute atomic E-state index is 12.0. The summed E-state index contributed by atoms with van der Waals surface area (Å²) in [5, 5.41) is 4.98. The lowest BCUT2D eigenvalue weighted by Gasteiger charge is -2.10. The molecule has 0 spiro atoms. The number of carbonyl (C=O) groups is 1. The molecule has 2 rings (SSSR count). The number of amides is 1. The van der Waals surface area contributed by atoms with Crippen molar-refractivity contribution >= 4 is 58.0 Å². The predicted molar refractivity (Wildman–Crippen MR) is 80.3 cm³/mol. The number of nitrogens with one attached hydrogen (secondary N) is 1. The fourth-order valence-electron chi connectivity index (χ4n) is 1.20. The summed E-state index contributed by atoms with van der Waals surface area (Å²) in [4.78, 5) is 20.1. The van der Waals surface area contributed by atoms with Crippen LogP contribution in [0.5, 0.6) is 0 Å². The van der Waals surface area contributed by atoms with Crippen LogP contribution in [0.1, 0.15) is 6.92 Å². The Morgan fingerprint density at radius 3 is 2.89 bits per heavy atom. The second-order valence-electron chi connectivity index (χ2n) is 3.53. The molecule has 0 saturated heterocycles. The van der Waals surface area contributed by atoms with Crippen LogP contribution in [0.2, 0.25) is 10.0 Å². The van der Waals surface area contributed by atoms with Gasteiger partial charge in [-0.2, -0.15) is 0 Å². The molecular formula is C11H9Cl2N3OS2. The summed E-state index contributed by atoms with van der Waals surface area (Å²) >= 11 is 14.6. The molecule has 0 aromatic carbocycles. The normalized spacial score (nSPS) is 12.2. The molecule has 2 heterocycles. The molecule has 0 fully saturated rings. The van der Waals surface area contributed by atoms with Crippen LogP contribution in [0.25, 0.3) is 0 Å². The summed E-state index contributed by atoms with van der Waals surface area (Å²) in [6, 6.07) is 1.53. The fraction of sp³-hybridized carbons (Fsp3) is 0.182. The number of hydrogen-bond donors (Lipinski definition) is 1. The lowest BCUT2D eigenvalue weighted by Crippen LogP contribution is -2.23. The van der Waals surface area contributed by atoms with Crippen LogP contribution in [0.4, 0.5) is 5.82 Å². The first-order valence-corrected chi connectivity index (χ1v) is 7.76. The summed E-state index contributed by atoms with van der Waals surface area (Å²) in [5.41, 5.74) is 0. The first-order chi connectivity index (χ1) is 9.06. The number of rotatable bonds is 4. The van der Waals surface area contributed by atoms with Gasteiger partial charge in [-0.25, -0.2) is 9.97 Å². The highest BCUT2D eigenvalue weighted by atomic mass is 35.5. The van der Waals surface area contributed by atoms with Gasteiger partial charge in [0.15, 0.2) is 10.2 Å². The fourth-order valence-corrected chi connectivity index (χ4v) is 3.40. The summed E-state index contributed by atoms with van der Waals surface area (Å²) in [6.07, 6.45) is 3.14. The van der Waals surface area contributed by atoms with Crippen LogP contribution in [0.3, 0.4) is 0 Å². The molecule has 8 heteroatoms. The monoisotopic (exact) mass is 333 g/mol. The lowest BCUT2D eigenvalue weighted by atomic mass is 10.4. The third kappa shape index (κ3) is 4.07. The van der Waals surface area contributed by atoms with Gasteiger partial charge >= 0.3 is 0 Å². The molecule has 1 amide bonds. The number of halogens is 2. The van der Waals surface area contributed by atoms with Crippen molar-refractivity contribution in [1.82, 2.24) is 9.97 Å². The summed E-state index contributed by atoms with van der Waals surface area (Å²) in [7, 11) is 0. The van der Waals surface area contributed by atoms with E-state index in [1.807, 2.05) is 5.38 Å². The van der Waals surface area contributed by atoms with Gasteiger partial charge in [-0.3, -0.25) is 4.79 Å². The minimum atomic E-state index is -0.292. The molecule has 0 saturated carbocycles. The van der Waals surface area contributed by atoms with Crippen molar-refractivity contribution in [2.45, 2.75) is 16.5 Å². The maximum Gasteiger partial charge on any atom is 0.238 e. The van der Waals surface area contributed by atoms with E-state index in [1.165, 1.54) is 35.4 Å². The summed E-state index contributed by atoms with van der Waals surface area (Å²) in [6.45, 7) is 1.80. The van der Waals surface area contributed by atoms with E-state index in [2.05, 4.69) is 15.3 Å². The Labute approximate surface area is 128 Å². The first-order valence-electron chi connectivity index (χ1n) is 5.24. The number of nitrogens with zero attached hydrogens (tertiary/aromatic N) is 2. The molecular weight excluding hydrogens is 325 g/mol. The number of anilines is 1. The Morgan fingerprint density at radius 1 is 1.47 bits per heavy atom. The smallest absolute Gasteiger partial charge is 0.238 e. The predicted octanol–water partition coefficient (Wildman–Crippen LogP) is 3.96. The van der Waals surface area contributed by atoms with Gasteiger partial charge in [-0.05, 0) is 13.0 Å². The van der Waals surface area contributed by atoms with Gasteiger partial charge in [0.1, 0.15) is 0 Å². The van der Waals surface area contributed by atoms with Gasteiger partial charge in [0.05, 0.1) is 15.3 Å². The van der Waals surface area contributed by atoms with Gasteiger partial charge in [-0.15, -0.1) is 11.3 Å². The van der Waals surface area contributed by atoms with E-state index in [-0.39, 0.29) is 11.2 Å². The second-order valence-corrected chi connectivity index (χ2v) is 6.86. The van der Waals surface area contributed by atoms with E-state index in [0.29, 0.717) is 15.9 Å². The van der Waals surface area contributed by atoms with Crippen LogP contribution in [0.15, 0.2) is 28.2 Å². The van der Waals surface area contributed by atoms with Crippen molar-refractivity contribution in [2.24, 2.45) is 0 Å². The van der Waals surface area contributed by atoms with Crippen molar-refractivity contribution in [1.29, 1.82) is 0 Å². The Bertz CT molecular complexity index is 577. The number of hydrogen-bond acceptors (Lipinski definition) is 5. The number of aromatic nitrogens is 2. The molecule has 2 aromatic heterocycles. The molecule has 0 bridgehead atoms. The van der Waals surface area contributed by atoms with Crippen LogP contribution in [-0.2, 0) is 4.79 Å². The zero-order valence-electron chi connectivity index (χ0n) is 9.76. The molecule has 4 nitrogen and oxygen atoms in total. The van der Waals surface area contributed by atoms with Crippen molar-refractivity contribution in [3.63, 3.8) is 0 Å². The largest absolute Gasteiger partial charge is 0.308 e. The van der Waals surface area contributed by atoms with Crippen LogP contribution in [0, 0.1) is 0 Å². The van der Waals surface area contributed by atoms with E-state index >= 15 is 0 Å². The molecule has 1 atom stereocenters. The number of thiazole rings is 1. The zero-order chi connectivity index (χ0) is 13.8. The van der Waals surface area contributed by atoms with Gasteiger partial charge in [0.25, 0.3) is 0 Å². The molecule has 2 aromatic rings. The first kappa shape index (κ1) is 14.6. The minimum Gasteiger partial charge on any atom is -0.308 e. The Hall–Kier alpha value is -0.820. The SMILES string of the molecule is CC(Sc1nccs1)C(=O)Nc1ncc(Cl)cc1Cl. The van der Waals surface area contributed by atoms with Gasteiger partial charge in [0.2, 0.25) is 5.91 Å². The zero-order valence-corrected chi connectivity index (χ0v) is 12.9. The van der Waals surface area contributed by atoms with E-state index in [0.717, 1.165) is 4.34 Å². The standard InChI is InChI=1S/C11H9Cl2N3OS2/c1-6(19-11-14-2-3-18-11)10(17)16-9-8(13)4-7(12)5-15-9/h2-6H,1H3,(H,15,16,17). The van der Waals surface area contributed by atoms with Crippen LogP contribution in [-0.4, -0.2) is 21.1 Å². The van der Waals surface area contributed by atoms with E-state index in [4.69, 9.17) is 23.2 Å². The summed E-state index contributed by atoms with van der Waals surface area (Å²) in [5.74, 6) is 0.125. The van der Waals surface area contributed by atoms with Crippen LogP contribution >= 0.6 is 46.3 Å². The third-order valence-corrected chi connectivity index (χ3v) is 4.62. The molecule has 1 N–H and O–H groups in total. The molecule has 0 radical (unpaired) electrons. The van der Waals surface area contributed by atoms with Gasteiger partial charge in [-0.1, -0.05) is 35.0 Å². The highest BCUT2D eigenvalue weighted by molar-refractivity contribution is 8.02. The second kappa shape index (κ2) is 6.56. The van der Waals surface area contributed by atoms with E-state index in [1.54, 1.807) is 13.1 Å². The number of carbonyl (C=O) groups excluding carboxylic acids is 1. The molecule has 19 heavy (non-hydrogen) atoms. The van der Waals surface area contributed by atoms with Crippen molar-refractivity contribution < 1.29 is 4.79 Å². The number of pyridine rings is 1. The van der Waals surface area contributed by atoms with E-state index < -0.39 is 0 Å². The quantitative estimate of drug-likeness (QED) is 0.860. The average Bonchev–Trinajstić information content (AvgIpc) is 2.85. The lowest BCUT2D eigenvalue weighted by molar-refractivity contribution is -0.115.